The summed E-state index contributed by atoms with van der Waals surface area (Å²) in [7, 11) is 0. The van der Waals surface area contributed by atoms with Crippen LogP contribution >= 0.6 is 11.3 Å². The minimum Gasteiger partial charge on any atom is -0.366 e. The van der Waals surface area contributed by atoms with Gasteiger partial charge in [0.15, 0.2) is 6.54 Å². The minimum absolute atomic E-state index is 0.196. The predicted octanol–water partition coefficient (Wildman–Crippen LogP) is 1.17. The molecule has 7 heteroatoms. The standard InChI is InChI=1S/C17H18FN3O2S/c18-14-4-2-1-3-11(14)9-21(12-5-6-12)10-15(22)20-17-13(16(19)23)7-8-24-17/h1-4,7-8,12H,5-6,9-10H2,(H2,19,23)(H,20,22)/p+1. The third kappa shape index (κ3) is 3.98. The molecule has 5 nitrogen and oxygen atoms in total. The van der Waals surface area contributed by atoms with Gasteiger partial charge in [0.25, 0.3) is 11.8 Å². The average Bonchev–Trinajstić information content (AvgIpc) is 3.28. The first-order valence-electron chi connectivity index (χ1n) is 7.79. The monoisotopic (exact) mass is 348 g/mol. The van der Waals surface area contributed by atoms with E-state index in [-0.39, 0.29) is 18.3 Å². The number of nitrogens with one attached hydrogen (secondary N) is 2. The van der Waals surface area contributed by atoms with Gasteiger partial charge in [-0.25, -0.2) is 4.39 Å². The van der Waals surface area contributed by atoms with E-state index in [9.17, 15) is 14.0 Å². The molecule has 1 heterocycles. The number of primary amides is 1. The molecule has 126 valence electrons. The highest BCUT2D eigenvalue weighted by atomic mass is 32.1. The normalized spacial score (nSPS) is 15.0. The molecule has 0 radical (unpaired) electrons. The van der Waals surface area contributed by atoms with E-state index < -0.39 is 5.91 Å². The van der Waals surface area contributed by atoms with Gasteiger partial charge in [-0.1, -0.05) is 18.2 Å². The number of anilines is 1. The molecule has 1 aliphatic carbocycles. The molecule has 4 N–H and O–H groups in total. The Bertz CT molecular complexity index is 758. The van der Waals surface area contributed by atoms with Crippen molar-refractivity contribution >= 4 is 28.2 Å². The first kappa shape index (κ1) is 16.6. The van der Waals surface area contributed by atoms with Crippen molar-refractivity contribution in [1.82, 2.24) is 0 Å². The average molecular weight is 348 g/mol. The first-order chi connectivity index (χ1) is 11.5. The molecule has 3 rings (SSSR count). The zero-order valence-electron chi connectivity index (χ0n) is 13.0. The molecule has 0 spiro atoms. The topological polar surface area (TPSA) is 76.6 Å². The Labute approximate surface area is 143 Å². The van der Waals surface area contributed by atoms with E-state index in [4.69, 9.17) is 5.73 Å². The van der Waals surface area contributed by atoms with E-state index in [0.717, 1.165) is 17.7 Å². The highest BCUT2D eigenvalue weighted by Gasteiger charge is 2.35. The molecule has 1 atom stereocenters. The number of nitrogens with two attached hydrogens (primary N) is 1. The van der Waals surface area contributed by atoms with Crippen LogP contribution in [0, 0.1) is 5.82 Å². The van der Waals surface area contributed by atoms with Gasteiger partial charge in [0.05, 0.1) is 11.6 Å². The van der Waals surface area contributed by atoms with Crippen LogP contribution in [0.1, 0.15) is 28.8 Å². The van der Waals surface area contributed by atoms with Crippen molar-refractivity contribution in [2.75, 3.05) is 11.9 Å². The molecule has 1 aromatic heterocycles. The zero-order chi connectivity index (χ0) is 17.1. The lowest BCUT2D eigenvalue weighted by Gasteiger charge is -2.19. The number of thiophene rings is 1. The molecule has 1 unspecified atom stereocenters. The molecule has 2 amide bonds. The van der Waals surface area contributed by atoms with Crippen molar-refractivity contribution in [3.8, 4) is 0 Å². The van der Waals surface area contributed by atoms with Gasteiger partial charge in [-0.3, -0.25) is 9.59 Å². The van der Waals surface area contributed by atoms with Gasteiger partial charge in [0.2, 0.25) is 0 Å². The lowest BCUT2D eigenvalue weighted by Crippen LogP contribution is -3.13. The summed E-state index contributed by atoms with van der Waals surface area (Å²) in [6.07, 6.45) is 2.09. The first-order valence-corrected chi connectivity index (χ1v) is 8.67. The second-order valence-electron chi connectivity index (χ2n) is 5.95. The zero-order valence-corrected chi connectivity index (χ0v) is 13.9. The van der Waals surface area contributed by atoms with Crippen molar-refractivity contribution in [2.45, 2.75) is 25.4 Å². The molecular weight excluding hydrogens is 329 g/mol. The number of quaternary nitrogens is 1. The highest BCUT2D eigenvalue weighted by molar-refractivity contribution is 7.14. The van der Waals surface area contributed by atoms with Crippen molar-refractivity contribution in [3.63, 3.8) is 0 Å². The van der Waals surface area contributed by atoms with Gasteiger partial charge < -0.3 is 16.0 Å². The summed E-state index contributed by atoms with van der Waals surface area (Å²) in [5, 5.41) is 4.92. The number of hydrogen-bond donors (Lipinski definition) is 3. The molecule has 1 aliphatic rings. The van der Waals surface area contributed by atoms with Crippen LogP contribution in [0.25, 0.3) is 0 Å². The molecule has 1 aromatic carbocycles. The fourth-order valence-corrected chi connectivity index (χ4v) is 3.51. The van der Waals surface area contributed by atoms with E-state index in [1.165, 1.54) is 17.4 Å². The Morgan fingerprint density at radius 1 is 1.29 bits per heavy atom. The van der Waals surface area contributed by atoms with Crippen molar-refractivity contribution in [3.05, 3.63) is 52.7 Å². The summed E-state index contributed by atoms with van der Waals surface area (Å²) in [6, 6.07) is 8.62. The molecule has 0 bridgehead atoms. The molecular formula is C17H19FN3O2S+. The van der Waals surface area contributed by atoms with Gasteiger partial charge in [-0.15, -0.1) is 11.3 Å². The summed E-state index contributed by atoms with van der Waals surface area (Å²) in [4.78, 5) is 24.7. The number of rotatable bonds is 7. The molecule has 1 fully saturated rings. The third-order valence-corrected chi connectivity index (χ3v) is 4.93. The van der Waals surface area contributed by atoms with Crippen LogP contribution in [0.3, 0.4) is 0 Å². The largest absolute Gasteiger partial charge is 0.366 e. The maximum atomic E-state index is 13.9. The summed E-state index contributed by atoms with van der Waals surface area (Å²) in [5.74, 6) is -1.01. The minimum atomic E-state index is -0.565. The maximum absolute atomic E-state index is 13.9. The molecule has 1 saturated carbocycles. The Morgan fingerprint density at radius 2 is 2.04 bits per heavy atom. The summed E-state index contributed by atoms with van der Waals surface area (Å²) in [5.41, 5.74) is 6.21. The van der Waals surface area contributed by atoms with Crippen LogP contribution in [-0.2, 0) is 11.3 Å². The van der Waals surface area contributed by atoms with E-state index in [1.807, 2.05) is 0 Å². The molecule has 2 aromatic rings. The van der Waals surface area contributed by atoms with E-state index in [1.54, 1.807) is 29.6 Å². The Balaban J connectivity index is 1.65. The van der Waals surface area contributed by atoms with Crippen molar-refractivity contribution in [2.24, 2.45) is 5.73 Å². The summed E-state index contributed by atoms with van der Waals surface area (Å²) in [6.45, 7) is 0.701. The van der Waals surface area contributed by atoms with Gasteiger partial charge in [-0.05, 0) is 17.5 Å². The summed E-state index contributed by atoms with van der Waals surface area (Å²) < 4.78 is 13.9. The van der Waals surface area contributed by atoms with Gasteiger partial charge in [0, 0.05) is 18.4 Å². The second kappa shape index (κ2) is 7.11. The van der Waals surface area contributed by atoms with Gasteiger partial charge >= 0.3 is 0 Å². The van der Waals surface area contributed by atoms with Crippen LogP contribution in [0.4, 0.5) is 9.39 Å². The van der Waals surface area contributed by atoms with Crippen LogP contribution < -0.4 is 16.0 Å². The van der Waals surface area contributed by atoms with Crippen molar-refractivity contribution in [1.29, 1.82) is 0 Å². The fraction of sp³-hybridized carbons (Fsp3) is 0.294. The van der Waals surface area contributed by atoms with Crippen LogP contribution in [0.5, 0.6) is 0 Å². The molecule has 0 aliphatic heterocycles. The number of carbonyl (C=O) groups is 2. The van der Waals surface area contributed by atoms with Crippen LogP contribution in [-0.4, -0.2) is 24.4 Å². The number of amides is 2. The number of carbonyl (C=O) groups excluding carboxylic acids is 2. The predicted molar refractivity (Wildman–Crippen MR) is 90.4 cm³/mol. The number of halogens is 1. The van der Waals surface area contributed by atoms with Crippen LogP contribution in [0.15, 0.2) is 35.7 Å². The van der Waals surface area contributed by atoms with Crippen LogP contribution in [0.2, 0.25) is 0 Å². The van der Waals surface area contributed by atoms with E-state index in [2.05, 4.69) is 5.32 Å². The summed E-state index contributed by atoms with van der Waals surface area (Å²) >= 11 is 1.26. The lowest BCUT2D eigenvalue weighted by atomic mass is 10.2. The maximum Gasteiger partial charge on any atom is 0.280 e. The quantitative estimate of drug-likeness (QED) is 0.703. The second-order valence-corrected chi connectivity index (χ2v) is 6.87. The Kier molecular flexibility index (Phi) is 4.92. The number of hydrogen-bond acceptors (Lipinski definition) is 3. The van der Waals surface area contributed by atoms with Crippen molar-refractivity contribution < 1.29 is 18.9 Å². The van der Waals surface area contributed by atoms with Gasteiger partial charge in [0.1, 0.15) is 17.4 Å². The Hall–Kier alpha value is -2.25. The number of benzene rings is 1. The SMILES string of the molecule is NC(=O)c1ccsc1NC(=O)C[NH+](Cc1ccccc1F)C1CC1. The lowest BCUT2D eigenvalue weighted by molar-refractivity contribution is -0.917. The Morgan fingerprint density at radius 3 is 2.71 bits per heavy atom. The van der Waals surface area contributed by atoms with Gasteiger partial charge in [-0.2, -0.15) is 0 Å². The third-order valence-electron chi connectivity index (χ3n) is 4.10. The highest BCUT2D eigenvalue weighted by Crippen LogP contribution is 2.22. The molecule has 0 saturated heterocycles. The van der Waals surface area contributed by atoms with E-state index in [0.29, 0.717) is 28.7 Å². The molecule has 24 heavy (non-hydrogen) atoms. The smallest absolute Gasteiger partial charge is 0.280 e. The van der Waals surface area contributed by atoms with E-state index >= 15 is 0 Å². The fourth-order valence-electron chi connectivity index (χ4n) is 2.71.